The van der Waals surface area contributed by atoms with Gasteiger partial charge in [-0.05, 0) is 24.3 Å². The molecule has 114 valence electrons. The second kappa shape index (κ2) is 7.46. The van der Waals surface area contributed by atoms with Crippen molar-refractivity contribution in [1.82, 2.24) is 0 Å². The topological polar surface area (TPSA) is 115 Å². The predicted molar refractivity (Wildman–Crippen MR) is 74.5 cm³/mol. The molecule has 1 unspecified atom stereocenters. The van der Waals surface area contributed by atoms with Gasteiger partial charge < -0.3 is 30.5 Å². The molecule has 1 atom stereocenters. The predicted octanol–water partition coefficient (Wildman–Crippen LogP) is 0.166. The Morgan fingerprint density at radius 2 is 2.19 bits per heavy atom. The van der Waals surface area contributed by atoms with E-state index in [0.717, 1.165) is 0 Å². The molecule has 1 amide bonds. The average Bonchev–Trinajstić information content (AvgIpc) is 2.54. The van der Waals surface area contributed by atoms with Gasteiger partial charge in [-0.1, -0.05) is 5.16 Å². The quantitative estimate of drug-likeness (QED) is 0.308. The van der Waals surface area contributed by atoms with Gasteiger partial charge in [-0.25, -0.2) is 0 Å². The molecule has 8 heteroatoms. The van der Waals surface area contributed by atoms with Crippen molar-refractivity contribution in [2.45, 2.75) is 6.10 Å². The Balaban J connectivity index is 1.85. The number of hydrogen-bond acceptors (Lipinski definition) is 6. The minimum absolute atomic E-state index is 0.0184. The number of nitrogens with one attached hydrogen (secondary N) is 1. The van der Waals surface area contributed by atoms with E-state index in [0.29, 0.717) is 24.7 Å². The smallest absolute Gasteiger partial charge is 0.255 e. The Labute approximate surface area is 121 Å². The molecule has 1 heterocycles. The lowest BCUT2D eigenvalue weighted by Crippen LogP contribution is -2.39. The molecule has 1 fully saturated rings. The standard InChI is InChI=1S/C13H17N3O5/c14-12(16-18)8-21-10-3-1-9(2-4-10)15-13(17)11-7-19-5-6-20-11/h1-4,11,18H,5-8H2,(H2,14,16)(H,15,17). The summed E-state index contributed by atoms with van der Waals surface area (Å²) in [5.41, 5.74) is 5.91. The van der Waals surface area contributed by atoms with Gasteiger partial charge in [-0.15, -0.1) is 0 Å². The lowest BCUT2D eigenvalue weighted by molar-refractivity contribution is -0.142. The van der Waals surface area contributed by atoms with Crippen molar-refractivity contribution >= 4 is 17.4 Å². The van der Waals surface area contributed by atoms with E-state index in [9.17, 15) is 4.79 Å². The Hall–Kier alpha value is -2.32. The first-order valence-corrected chi connectivity index (χ1v) is 6.38. The van der Waals surface area contributed by atoms with Crippen LogP contribution < -0.4 is 15.8 Å². The van der Waals surface area contributed by atoms with Crippen molar-refractivity contribution in [2.75, 3.05) is 31.7 Å². The molecule has 21 heavy (non-hydrogen) atoms. The third kappa shape index (κ3) is 4.62. The first-order chi connectivity index (χ1) is 10.2. The Morgan fingerprint density at radius 1 is 1.43 bits per heavy atom. The van der Waals surface area contributed by atoms with Crippen molar-refractivity contribution < 1.29 is 24.2 Å². The summed E-state index contributed by atoms with van der Waals surface area (Å²) in [4.78, 5) is 11.9. The zero-order chi connectivity index (χ0) is 15.1. The van der Waals surface area contributed by atoms with Crippen LogP contribution >= 0.6 is 0 Å². The highest BCUT2D eigenvalue weighted by Crippen LogP contribution is 2.16. The largest absolute Gasteiger partial charge is 0.486 e. The zero-order valence-electron chi connectivity index (χ0n) is 11.3. The van der Waals surface area contributed by atoms with Crippen LogP contribution in [0.2, 0.25) is 0 Å². The van der Waals surface area contributed by atoms with Gasteiger partial charge in [0.1, 0.15) is 12.4 Å². The number of carbonyl (C=O) groups excluding carboxylic acids is 1. The number of nitrogens with two attached hydrogens (primary N) is 1. The monoisotopic (exact) mass is 295 g/mol. The Bertz CT molecular complexity index is 497. The van der Waals surface area contributed by atoms with Gasteiger partial charge >= 0.3 is 0 Å². The summed E-state index contributed by atoms with van der Waals surface area (Å²) < 4.78 is 15.7. The second-order valence-electron chi connectivity index (χ2n) is 4.33. The fraction of sp³-hybridized carbons (Fsp3) is 0.385. The van der Waals surface area contributed by atoms with Crippen LogP contribution in [0.25, 0.3) is 0 Å². The summed E-state index contributed by atoms with van der Waals surface area (Å²) >= 11 is 0. The molecule has 0 bridgehead atoms. The first kappa shape index (κ1) is 15.1. The summed E-state index contributed by atoms with van der Waals surface area (Å²) in [6.07, 6.45) is -0.588. The number of nitrogens with zero attached hydrogens (tertiary/aromatic N) is 1. The van der Waals surface area contributed by atoms with Crippen LogP contribution in [0.15, 0.2) is 29.4 Å². The molecular formula is C13H17N3O5. The molecule has 4 N–H and O–H groups in total. The maximum atomic E-state index is 11.9. The van der Waals surface area contributed by atoms with E-state index in [2.05, 4.69) is 10.5 Å². The molecule has 1 aromatic rings. The van der Waals surface area contributed by atoms with Crippen LogP contribution in [-0.2, 0) is 14.3 Å². The molecule has 1 aromatic carbocycles. The third-order valence-corrected chi connectivity index (χ3v) is 2.75. The van der Waals surface area contributed by atoms with Crippen molar-refractivity contribution in [3.63, 3.8) is 0 Å². The van der Waals surface area contributed by atoms with Crippen molar-refractivity contribution in [2.24, 2.45) is 10.9 Å². The molecule has 0 aliphatic carbocycles. The highest BCUT2D eigenvalue weighted by atomic mass is 16.6. The van der Waals surface area contributed by atoms with E-state index in [1.165, 1.54) is 0 Å². The fourth-order valence-corrected chi connectivity index (χ4v) is 1.68. The number of carbonyl (C=O) groups is 1. The number of hydrogen-bond donors (Lipinski definition) is 3. The Kier molecular flexibility index (Phi) is 5.35. The maximum absolute atomic E-state index is 11.9. The van der Waals surface area contributed by atoms with Crippen LogP contribution in [-0.4, -0.2) is 49.5 Å². The molecule has 0 radical (unpaired) electrons. The number of benzene rings is 1. The van der Waals surface area contributed by atoms with Gasteiger partial charge in [-0.2, -0.15) is 0 Å². The second-order valence-corrected chi connectivity index (χ2v) is 4.33. The van der Waals surface area contributed by atoms with Gasteiger partial charge in [0.2, 0.25) is 0 Å². The van der Waals surface area contributed by atoms with E-state index in [1.54, 1.807) is 24.3 Å². The molecule has 0 aromatic heterocycles. The number of amidine groups is 1. The summed E-state index contributed by atoms with van der Waals surface area (Å²) in [5, 5.41) is 13.9. The van der Waals surface area contributed by atoms with E-state index >= 15 is 0 Å². The Morgan fingerprint density at radius 3 is 2.81 bits per heavy atom. The lowest BCUT2D eigenvalue weighted by Gasteiger charge is -2.22. The van der Waals surface area contributed by atoms with Crippen LogP contribution in [0.4, 0.5) is 5.69 Å². The molecule has 0 saturated carbocycles. The van der Waals surface area contributed by atoms with Crippen molar-refractivity contribution in [1.29, 1.82) is 0 Å². The normalized spacial score (nSPS) is 19.0. The highest BCUT2D eigenvalue weighted by Gasteiger charge is 2.22. The molecule has 2 rings (SSSR count). The van der Waals surface area contributed by atoms with Crippen LogP contribution in [0.1, 0.15) is 0 Å². The van der Waals surface area contributed by atoms with E-state index in [1.807, 2.05) is 0 Å². The van der Waals surface area contributed by atoms with Crippen LogP contribution in [0, 0.1) is 0 Å². The number of amides is 1. The molecule has 1 saturated heterocycles. The van der Waals surface area contributed by atoms with Crippen LogP contribution in [0.5, 0.6) is 5.75 Å². The van der Waals surface area contributed by atoms with Crippen molar-refractivity contribution in [3.05, 3.63) is 24.3 Å². The van der Waals surface area contributed by atoms with Crippen LogP contribution in [0.3, 0.4) is 0 Å². The zero-order valence-corrected chi connectivity index (χ0v) is 11.3. The summed E-state index contributed by atoms with van der Waals surface area (Å²) in [5.74, 6) is 0.263. The minimum atomic E-state index is -0.588. The fourth-order valence-electron chi connectivity index (χ4n) is 1.68. The highest BCUT2D eigenvalue weighted by molar-refractivity contribution is 5.94. The van der Waals surface area contributed by atoms with E-state index in [-0.39, 0.29) is 25.0 Å². The van der Waals surface area contributed by atoms with Gasteiger partial charge in [-0.3, -0.25) is 4.79 Å². The number of ether oxygens (including phenoxy) is 3. The summed E-state index contributed by atoms with van der Waals surface area (Å²) in [6, 6.07) is 6.70. The van der Waals surface area contributed by atoms with Gasteiger partial charge in [0.25, 0.3) is 5.91 Å². The molecule has 0 spiro atoms. The van der Waals surface area contributed by atoms with Gasteiger partial charge in [0.15, 0.2) is 11.9 Å². The van der Waals surface area contributed by atoms with Gasteiger partial charge in [0, 0.05) is 5.69 Å². The molecule has 8 nitrogen and oxygen atoms in total. The molecular weight excluding hydrogens is 278 g/mol. The van der Waals surface area contributed by atoms with E-state index < -0.39 is 6.10 Å². The number of rotatable bonds is 5. The average molecular weight is 295 g/mol. The minimum Gasteiger partial charge on any atom is -0.486 e. The number of anilines is 1. The van der Waals surface area contributed by atoms with E-state index in [4.69, 9.17) is 25.2 Å². The molecule has 1 aliphatic heterocycles. The SMILES string of the molecule is NC(COc1ccc(NC(=O)C2COCCO2)cc1)=NO. The summed E-state index contributed by atoms with van der Waals surface area (Å²) in [6.45, 7) is 1.16. The van der Waals surface area contributed by atoms with Gasteiger partial charge in [0.05, 0.1) is 19.8 Å². The van der Waals surface area contributed by atoms with Crippen molar-refractivity contribution in [3.8, 4) is 5.75 Å². The number of oxime groups is 1. The lowest BCUT2D eigenvalue weighted by atomic mass is 10.2. The third-order valence-electron chi connectivity index (χ3n) is 2.75. The molecule has 1 aliphatic rings. The maximum Gasteiger partial charge on any atom is 0.255 e. The first-order valence-electron chi connectivity index (χ1n) is 6.38. The summed E-state index contributed by atoms with van der Waals surface area (Å²) in [7, 11) is 0.